The molecule has 0 amide bonds. The Morgan fingerprint density at radius 1 is 1.67 bits per heavy atom. The number of rotatable bonds is 6. The lowest BCUT2D eigenvalue weighted by atomic mass is 10.2. The fourth-order valence-corrected chi connectivity index (χ4v) is 3.57. The van der Waals surface area contributed by atoms with Gasteiger partial charge in [-0.3, -0.25) is 4.79 Å². The van der Waals surface area contributed by atoms with Crippen molar-refractivity contribution < 1.29 is 9.90 Å². The standard InChI is InChI=1S/C9H13NO2S3/c1-2-14-9(13)15-7(5-6-10)3-4-8(11)12/h7H,2-5H2,1H3,(H,11,12). The van der Waals surface area contributed by atoms with Gasteiger partial charge in [-0.25, -0.2) is 0 Å². The number of nitrogens with zero attached hydrogens (tertiary/aromatic N) is 1. The van der Waals surface area contributed by atoms with Crippen LogP contribution in [-0.2, 0) is 4.79 Å². The lowest BCUT2D eigenvalue weighted by Crippen LogP contribution is -2.07. The molecule has 0 aromatic carbocycles. The van der Waals surface area contributed by atoms with Crippen molar-refractivity contribution >= 4 is 45.2 Å². The molecule has 0 bridgehead atoms. The summed E-state index contributed by atoms with van der Waals surface area (Å²) in [4.78, 5) is 10.4. The van der Waals surface area contributed by atoms with Gasteiger partial charge in [0.1, 0.15) is 3.53 Å². The van der Waals surface area contributed by atoms with Gasteiger partial charge < -0.3 is 5.11 Å². The first-order chi connectivity index (χ1) is 7.10. The molecule has 0 rings (SSSR count). The summed E-state index contributed by atoms with van der Waals surface area (Å²) in [7, 11) is 0. The molecule has 0 aromatic heterocycles. The number of thioether (sulfide) groups is 2. The van der Waals surface area contributed by atoms with Crippen molar-refractivity contribution in [3.8, 4) is 6.07 Å². The topological polar surface area (TPSA) is 61.1 Å². The van der Waals surface area contributed by atoms with Crippen LogP contribution in [0.5, 0.6) is 0 Å². The molecular formula is C9H13NO2S3. The van der Waals surface area contributed by atoms with E-state index in [1.54, 1.807) is 11.8 Å². The zero-order valence-corrected chi connectivity index (χ0v) is 10.9. The van der Waals surface area contributed by atoms with Crippen LogP contribution in [-0.4, -0.2) is 25.6 Å². The van der Waals surface area contributed by atoms with E-state index in [1.165, 1.54) is 11.8 Å². The van der Waals surface area contributed by atoms with Gasteiger partial charge in [0.05, 0.1) is 6.07 Å². The Balaban J connectivity index is 3.98. The summed E-state index contributed by atoms with van der Waals surface area (Å²) in [6, 6.07) is 2.06. The van der Waals surface area contributed by atoms with Crippen LogP contribution in [0.15, 0.2) is 0 Å². The Hall–Kier alpha value is -0.250. The first kappa shape index (κ1) is 14.8. The minimum Gasteiger partial charge on any atom is -0.481 e. The highest BCUT2D eigenvalue weighted by atomic mass is 32.2. The molecule has 0 saturated heterocycles. The molecule has 15 heavy (non-hydrogen) atoms. The zero-order valence-electron chi connectivity index (χ0n) is 8.43. The van der Waals surface area contributed by atoms with Gasteiger partial charge in [0.2, 0.25) is 0 Å². The van der Waals surface area contributed by atoms with Crippen LogP contribution in [0.25, 0.3) is 0 Å². The van der Waals surface area contributed by atoms with Gasteiger partial charge in [-0.05, 0) is 12.2 Å². The third-order valence-electron chi connectivity index (χ3n) is 1.52. The molecule has 1 unspecified atom stereocenters. The highest BCUT2D eigenvalue weighted by Crippen LogP contribution is 2.26. The van der Waals surface area contributed by atoms with Crippen molar-refractivity contribution in [2.24, 2.45) is 0 Å². The Morgan fingerprint density at radius 2 is 2.33 bits per heavy atom. The monoisotopic (exact) mass is 263 g/mol. The van der Waals surface area contributed by atoms with Crippen LogP contribution in [0.1, 0.15) is 26.2 Å². The second-order valence-corrected chi connectivity index (χ2v) is 6.49. The molecule has 3 nitrogen and oxygen atoms in total. The van der Waals surface area contributed by atoms with E-state index >= 15 is 0 Å². The average Bonchev–Trinajstić information content (AvgIpc) is 2.15. The number of hydrogen-bond donors (Lipinski definition) is 1. The summed E-state index contributed by atoms with van der Waals surface area (Å²) in [6.07, 6.45) is 0.944. The molecule has 1 atom stereocenters. The van der Waals surface area contributed by atoms with Crippen LogP contribution in [0.2, 0.25) is 0 Å². The minimum absolute atomic E-state index is 0.0117. The van der Waals surface area contributed by atoms with Gasteiger partial charge in [0.15, 0.2) is 0 Å². The molecule has 84 valence electrons. The summed E-state index contributed by atoms with van der Waals surface area (Å²) >= 11 is 8.09. The van der Waals surface area contributed by atoms with Gasteiger partial charge in [-0.15, -0.1) is 23.5 Å². The van der Waals surface area contributed by atoms with Crippen molar-refractivity contribution in [3.63, 3.8) is 0 Å². The highest BCUT2D eigenvalue weighted by Gasteiger charge is 2.13. The number of carboxylic acids is 1. The molecule has 0 aliphatic carbocycles. The Kier molecular flexibility index (Phi) is 8.86. The van der Waals surface area contributed by atoms with Crippen LogP contribution in [0, 0.1) is 11.3 Å². The Bertz CT molecular complexity index is 263. The highest BCUT2D eigenvalue weighted by molar-refractivity contribution is 8.47. The van der Waals surface area contributed by atoms with Crippen molar-refractivity contribution in [2.75, 3.05) is 5.75 Å². The van der Waals surface area contributed by atoms with E-state index in [0.717, 1.165) is 9.28 Å². The maximum absolute atomic E-state index is 10.4. The molecule has 0 radical (unpaired) electrons. The van der Waals surface area contributed by atoms with E-state index in [1.807, 2.05) is 6.92 Å². The number of nitriles is 1. The smallest absolute Gasteiger partial charge is 0.303 e. The van der Waals surface area contributed by atoms with Crippen molar-refractivity contribution in [2.45, 2.75) is 31.4 Å². The molecule has 6 heteroatoms. The number of hydrogen-bond acceptors (Lipinski definition) is 5. The van der Waals surface area contributed by atoms with Gasteiger partial charge in [-0.1, -0.05) is 19.1 Å². The quantitative estimate of drug-likeness (QED) is 0.743. The molecular weight excluding hydrogens is 250 g/mol. The van der Waals surface area contributed by atoms with Crippen LogP contribution in [0.4, 0.5) is 0 Å². The lowest BCUT2D eigenvalue weighted by molar-refractivity contribution is -0.137. The minimum atomic E-state index is -0.826. The zero-order chi connectivity index (χ0) is 11.7. The first-order valence-corrected chi connectivity index (χ1v) is 6.79. The van der Waals surface area contributed by atoms with Gasteiger partial charge >= 0.3 is 5.97 Å². The van der Waals surface area contributed by atoms with E-state index in [4.69, 9.17) is 22.6 Å². The fourth-order valence-electron chi connectivity index (χ4n) is 0.877. The van der Waals surface area contributed by atoms with Crippen LogP contribution < -0.4 is 0 Å². The number of thiocarbonyl (C=S) groups is 1. The first-order valence-electron chi connectivity index (χ1n) is 4.52. The third-order valence-corrected chi connectivity index (χ3v) is 4.26. The van der Waals surface area contributed by atoms with Crippen LogP contribution >= 0.6 is 35.7 Å². The molecule has 0 heterocycles. The maximum Gasteiger partial charge on any atom is 0.303 e. The van der Waals surface area contributed by atoms with Gasteiger partial charge in [0, 0.05) is 18.1 Å². The second-order valence-electron chi connectivity index (χ2n) is 2.72. The fraction of sp³-hybridized carbons (Fsp3) is 0.667. The van der Waals surface area contributed by atoms with E-state index < -0.39 is 5.97 Å². The summed E-state index contributed by atoms with van der Waals surface area (Å²) in [5.41, 5.74) is 0. The van der Waals surface area contributed by atoms with Gasteiger partial charge in [-0.2, -0.15) is 5.26 Å². The summed E-state index contributed by atoms with van der Waals surface area (Å²) < 4.78 is 0.795. The van der Waals surface area contributed by atoms with Gasteiger partial charge in [0.25, 0.3) is 0 Å². The third kappa shape index (κ3) is 8.73. The number of aliphatic carboxylic acids is 1. The second kappa shape index (κ2) is 9.01. The lowest BCUT2D eigenvalue weighted by Gasteiger charge is -2.11. The van der Waals surface area contributed by atoms with E-state index in [2.05, 4.69) is 6.07 Å². The Morgan fingerprint density at radius 3 is 2.80 bits per heavy atom. The predicted octanol–water partition coefficient (Wildman–Crippen LogP) is 2.90. The van der Waals surface area contributed by atoms with Crippen LogP contribution in [0.3, 0.4) is 0 Å². The summed E-state index contributed by atoms with van der Waals surface area (Å²) in [5.74, 6) is 0.0805. The molecule has 0 aliphatic rings. The van der Waals surface area contributed by atoms with E-state index in [9.17, 15) is 4.79 Å². The Labute approximate surface area is 104 Å². The largest absolute Gasteiger partial charge is 0.481 e. The molecule has 0 saturated carbocycles. The summed E-state index contributed by atoms with van der Waals surface area (Å²) in [5, 5.41) is 17.1. The summed E-state index contributed by atoms with van der Waals surface area (Å²) in [6.45, 7) is 2.01. The molecule has 0 aliphatic heterocycles. The average molecular weight is 263 g/mol. The van der Waals surface area contributed by atoms with Crippen molar-refractivity contribution in [1.29, 1.82) is 5.26 Å². The van der Waals surface area contributed by atoms with Crippen molar-refractivity contribution in [1.82, 2.24) is 0 Å². The van der Waals surface area contributed by atoms with E-state index in [-0.39, 0.29) is 11.7 Å². The molecule has 0 aromatic rings. The molecule has 0 spiro atoms. The van der Waals surface area contributed by atoms with Crippen molar-refractivity contribution in [3.05, 3.63) is 0 Å². The molecule has 0 fully saturated rings. The number of carboxylic acid groups (broad SMARTS) is 1. The van der Waals surface area contributed by atoms with E-state index in [0.29, 0.717) is 12.8 Å². The molecule has 1 N–H and O–H groups in total. The predicted molar refractivity (Wildman–Crippen MR) is 69.2 cm³/mol. The number of carbonyl (C=O) groups is 1. The normalized spacial score (nSPS) is 11.7. The maximum atomic E-state index is 10.4. The SMILES string of the molecule is CCSC(=S)SC(CC#N)CCC(=O)O.